The second-order valence-corrected chi connectivity index (χ2v) is 5.35. The Labute approximate surface area is 146 Å². The fourth-order valence-electron chi connectivity index (χ4n) is 2.19. The molecule has 0 saturated carbocycles. The average molecular weight is 362 g/mol. The van der Waals surface area contributed by atoms with Crippen molar-refractivity contribution >= 4 is 17.8 Å². The highest BCUT2D eigenvalue weighted by Crippen LogP contribution is 2.32. The number of nitrogens with zero attached hydrogens (tertiary/aromatic N) is 1. The zero-order chi connectivity index (χ0) is 18.7. The number of carbonyl (C=O) groups is 2. The van der Waals surface area contributed by atoms with Crippen LogP contribution >= 0.6 is 0 Å². The number of benzene rings is 1. The van der Waals surface area contributed by atoms with E-state index in [1.54, 1.807) is 18.2 Å². The molecule has 1 aromatic carbocycles. The second-order valence-electron chi connectivity index (χ2n) is 5.35. The lowest BCUT2D eigenvalue weighted by molar-refractivity contribution is -0.402. The third kappa shape index (κ3) is 3.74. The van der Waals surface area contributed by atoms with Crippen molar-refractivity contribution in [3.63, 3.8) is 0 Å². The van der Waals surface area contributed by atoms with Crippen LogP contribution in [0.3, 0.4) is 0 Å². The molecule has 2 heterocycles. The number of hydrogen-bond donors (Lipinski definition) is 1. The summed E-state index contributed by atoms with van der Waals surface area (Å²) in [5, 5.41) is 13.2. The van der Waals surface area contributed by atoms with Gasteiger partial charge in [-0.2, -0.15) is 0 Å². The Hall–Kier alpha value is -3.56. The Balaban J connectivity index is 1.52. The average Bonchev–Trinajstić information content (AvgIpc) is 3.28. The van der Waals surface area contributed by atoms with Gasteiger partial charge in [-0.15, -0.1) is 0 Å². The van der Waals surface area contributed by atoms with Crippen LogP contribution < -0.4 is 14.8 Å². The van der Waals surface area contributed by atoms with Crippen molar-refractivity contribution in [3.8, 4) is 11.5 Å². The maximum Gasteiger partial charge on any atom is 0.433 e. The van der Waals surface area contributed by atoms with Gasteiger partial charge in [-0.1, -0.05) is 6.07 Å². The van der Waals surface area contributed by atoms with E-state index in [2.05, 4.69) is 5.32 Å². The fourth-order valence-corrected chi connectivity index (χ4v) is 2.19. The van der Waals surface area contributed by atoms with Gasteiger partial charge < -0.3 is 23.9 Å². The zero-order valence-electron chi connectivity index (χ0n) is 13.6. The van der Waals surface area contributed by atoms with Crippen molar-refractivity contribution < 1.29 is 33.1 Å². The van der Waals surface area contributed by atoms with Crippen LogP contribution in [0.25, 0.3) is 0 Å². The molecule has 0 bridgehead atoms. The van der Waals surface area contributed by atoms with Crippen molar-refractivity contribution in [3.05, 3.63) is 51.8 Å². The van der Waals surface area contributed by atoms with Gasteiger partial charge in [0.05, 0.1) is 6.07 Å². The largest absolute Gasteiger partial charge is 0.454 e. The van der Waals surface area contributed by atoms with E-state index in [1.165, 1.54) is 6.92 Å². The molecule has 0 unspecified atom stereocenters. The summed E-state index contributed by atoms with van der Waals surface area (Å²) in [6.07, 6.45) is -1.11. The molecule has 1 atom stereocenters. The number of esters is 1. The smallest absolute Gasteiger partial charge is 0.433 e. The molecule has 26 heavy (non-hydrogen) atoms. The molecule has 1 aliphatic rings. The van der Waals surface area contributed by atoms with Gasteiger partial charge in [0.25, 0.3) is 5.91 Å². The zero-order valence-corrected chi connectivity index (χ0v) is 13.6. The van der Waals surface area contributed by atoms with Crippen LogP contribution in [0.1, 0.15) is 23.0 Å². The molecule has 136 valence electrons. The number of ether oxygens (including phenoxy) is 3. The SMILES string of the molecule is C[C@H](OC(=O)c1ccc([N+](=O)[O-])o1)C(=O)NCc1ccc2c(c1)OCO2. The third-order valence-electron chi connectivity index (χ3n) is 3.53. The molecule has 0 spiro atoms. The predicted octanol–water partition coefficient (Wildman–Crippen LogP) is 1.78. The molecule has 1 aromatic heterocycles. The second kappa shape index (κ2) is 7.13. The fraction of sp³-hybridized carbons (Fsp3) is 0.250. The van der Waals surface area contributed by atoms with Crippen LogP contribution in [0.2, 0.25) is 0 Å². The van der Waals surface area contributed by atoms with E-state index < -0.39 is 28.8 Å². The van der Waals surface area contributed by atoms with Crippen LogP contribution in [0, 0.1) is 10.1 Å². The summed E-state index contributed by atoms with van der Waals surface area (Å²) in [4.78, 5) is 33.7. The van der Waals surface area contributed by atoms with Crippen LogP contribution in [-0.2, 0) is 16.1 Å². The number of rotatable bonds is 6. The van der Waals surface area contributed by atoms with Crippen LogP contribution in [0.15, 0.2) is 34.7 Å². The minimum absolute atomic E-state index is 0.156. The number of hydrogen-bond acceptors (Lipinski definition) is 8. The summed E-state index contributed by atoms with van der Waals surface area (Å²) in [7, 11) is 0. The van der Waals surface area contributed by atoms with Gasteiger partial charge in [0.1, 0.15) is 4.92 Å². The predicted molar refractivity (Wildman–Crippen MR) is 84.7 cm³/mol. The highest BCUT2D eigenvalue weighted by atomic mass is 16.7. The molecule has 1 N–H and O–H groups in total. The van der Waals surface area contributed by atoms with Crippen LogP contribution in [0.4, 0.5) is 5.88 Å². The summed E-state index contributed by atoms with van der Waals surface area (Å²) in [6, 6.07) is 7.38. The van der Waals surface area contributed by atoms with Crippen molar-refractivity contribution in [1.29, 1.82) is 0 Å². The van der Waals surface area contributed by atoms with Gasteiger partial charge in [0, 0.05) is 6.54 Å². The first-order valence-electron chi connectivity index (χ1n) is 7.55. The van der Waals surface area contributed by atoms with E-state index in [0.29, 0.717) is 11.5 Å². The van der Waals surface area contributed by atoms with Gasteiger partial charge in [0.15, 0.2) is 17.6 Å². The normalized spacial score (nSPS) is 13.1. The number of fused-ring (bicyclic) bond motifs is 1. The van der Waals surface area contributed by atoms with Crippen molar-refractivity contribution in [1.82, 2.24) is 5.32 Å². The summed E-state index contributed by atoms with van der Waals surface area (Å²) in [5.41, 5.74) is 0.780. The van der Waals surface area contributed by atoms with E-state index in [-0.39, 0.29) is 19.1 Å². The lowest BCUT2D eigenvalue weighted by atomic mass is 10.2. The number of carbonyl (C=O) groups excluding carboxylic acids is 2. The summed E-state index contributed by atoms with van der Waals surface area (Å²) >= 11 is 0. The summed E-state index contributed by atoms with van der Waals surface area (Å²) < 4.78 is 20.1. The van der Waals surface area contributed by atoms with E-state index in [0.717, 1.165) is 17.7 Å². The van der Waals surface area contributed by atoms with E-state index in [4.69, 9.17) is 18.6 Å². The third-order valence-corrected chi connectivity index (χ3v) is 3.53. The summed E-state index contributed by atoms with van der Waals surface area (Å²) in [5.74, 6) is -1.21. The Morgan fingerprint density at radius 1 is 1.27 bits per heavy atom. The van der Waals surface area contributed by atoms with Gasteiger partial charge in [-0.05, 0) is 30.7 Å². The maximum absolute atomic E-state index is 12.0. The van der Waals surface area contributed by atoms with E-state index >= 15 is 0 Å². The van der Waals surface area contributed by atoms with Crippen LogP contribution in [0.5, 0.6) is 11.5 Å². The lowest BCUT2D eigenvalue weighted by Crippen LogP contribution is -2.35. The summed E-state index contributed by atoms with van der Waals surface area (Å²) in [6.45, 7) is 1.73. The number of nitrogens with one attached hydrogen (secondary N) is 1. The Kier molecular flexibility index (Phi) is 4.74. The van der Waals surface area contributed by atoms with Gasteiger partial charge in [0.2, 0.25) is 12.6 Å². The van der Waals surface area contributed by atoms with Gasteiger partial charge >= 0.3 is 11.9 Å². The molecule has 0 radical (unpaired) electrons. The van der Waals surface area contributed by atoms with Crippen molar-refractivity contribution in [2.75, 3.05) is 6.79 Å². The number of amides is 1. The molecule has 3 rings (SSSR count). The van der Waals surface area contributed by atoms with Gasteiger partial charge in [-0.3, -0.25) is 14.9 Å². The Morgan fingerprint density at radius 3 is 2.77 bits per heavy atom. The molecule has 10 nitrogen and oxygen atoms in total. The molecule has 0 fully saturated rings. The standard InChI is InChI=1S/C16H14N2O8/c1-9(25-16(20)12-4-5-14(26-12)18(21)22)15(19)17-7-10-2-3-11-13(6-10)24-8-23-11/h2-6,9H,7-8H2,1H3,(H,17,19)/t9-/m0/s1. The Morgan fingerprint density at radius 2 is 2.04 bits per heavy atom. The Bertz CT molecular complexity index is 860. The van der Waals surface area contributed by atoms with E-state index in [1.807, 2.05) is 0 Å². The minimum atomic E-state index is -1.11. The highest BCUT2D eigenvalue weighted by Gasteiger charge is 2.23. The van der Waals surface area contributed by atoms with Crippen molar-refractivity contribution in [2.24, 2.45) is 0 Å². The first kappa shape index (κ1) is 17.3. The molecule has 10 heteroatoms. The first-order chi connectivity index (χ1) is 12.4. The monoisotopic (exact) mass is 362 g/mol. The molecular formula is C16H14N2O8. The van der Waals surface area contributed by atoms with Crippen molar-refractivity contribution in [2.45, 2.75) is 19.6 Å². The number of furan rings is 1. The number of nitro groups is 1. The first-order valence-corrected chi connectivity index (χ1v) is 7.55. The molecule has 1 aliphatic heterocycles. The molecule has 0 aliphatic carbocycles. The lowest BCUT2D eigenvalue weighted by Gasteiger charge is -2.12. The topological polar surface area (TPSA) is 130 Å². The maximum atomic E-state index is 12.0. The molecular weight excluding hydrogens is 348 g/mol. The van der Waals surface area contributed by atoms with Crippen LogP contribution in [-0.4, -0.2) is 29.7 Å². The molecule has 2 aromatic rings. The van der Waals surface area contributed by atoms with Gasteiger partial charge in [-0.25, -0.2) is 4.79 Å². The molecule has 1 amide bonds. The quantitative estimate of drug-likeness (QED) is 0.467. The highest BCUT2D eigenvalue weighted by molar-refractivity contribution is 5.90. The molecule has 0 saturated heterocycles. The minimum Gasteiger partial charge on any atom is -0.454 e. The van der Waals surface area contributed by atoms with E-state index in [9.17, 15) is 19.7 Å².